The minimum Gasteiger partial charge on any atom is -0.486 e. The van der Waals surface area contributed by atoms with E-state index >= 15 is 0 Å². The average molecular weight is 429 g/mol. The lowest BCUT2D eigenvalue weighted by Gasteiger charge is -2.30. The third-order valence-corrected chi connectivity index (χ3v) is 5.79. The molecule has 0 fully saturated rings. The zero-order valence-electron chi connectivity index (χ0n) is 17.7. The van der Waals surface area contributed by atoms with Gasteiger partial charge in [-0.05, 0) is 41.5 Å². The summed E-state index contributed by atoms with van der Waals surface area (Å²) < 4.78 is 17.3. The highest BCUT2D eigenvalue weighted by atomic mass is 16.6. The largest absolute Gasteiger partial charge is 0.486 e. The summed E-state index contributed by atoms with van der Waals surface area (Å²) >= 11 is 0. The number of carbonyl (C=O) groups is 2. The van der Waals surface area contributed by atoms with Crippen molar-refractivity contribution in [3.05, 3.63) is 95.1 Å². The summed E-state index contributed by atoms with van der Waals surface area (Å²) in [6.45, 7) is 0.766. The van der Waals surface area contributed by atoms with Gasteiger partial charge < -0.3 is 19.1 Å². The van der Waals surface area contributed by atoms with E-state index in [1.54, 1.807) is 30.1 Å². The summed E-state index contributed by atoms with van der Waals surface area (Å²) in [4.78, 5) is 27.2. The Morgan fingerprint density at radius 3 is 2.53 bits per heavy atom. The topological polar surface area (TPSA) is 65.1 Å². The first-order valence-electron chi connectivity index (χ1n) is 10.6. The molecule has 0 saturated heterocycles. The normalized spacial score (nSPS) is 19.0. The molecule has 0 bridgehead atoms. The van der Waals surface area contributed by atoms with Crippen LogP contribution in [0.4, 0.5) is 0 Å². The molecule has 0 aliphatic carbocycles. The Morgan fingerprint density at radius 2 is 1.72 bits per heavy atom. The molecular weight excluding hydrogens is 406 g/mol. The van der Waals surface area contributed by atoms with Crippen molar-refractivity contribution in [2.24, 2.45) is 0 Å². The van der Waals surface area contributed by atoms with E-state index in [0.717, 1.165) is 11.1 Å². The van der Waals surface area contributed by atoms with Crippen LogP contribution >= 0.6 is 0 Å². The van der Waals surface area contributed by atoms with Crippen LogP contribution in [0.15, 0.2) is 72.8 Å². The standard InChI is InChI=1S/C26H23NO5/c1-27(15-20-16-30-22-9-5-6-10-23(22)31-20)25(28)18-11-12-21-19(13-18)14-24(32-26(21)29)17-7-3-2-4-8-17/h2-13,20,24H,14-16H2,1H3/t20-,24-/m1/s1. The predicted molar refractivity (Wildman–Crippen MR) is 118 cm³/mol. The maximum Gasteiger partial charge on any atom is 0.339 e. The Morgan fingerprint density at radius 1 is 0.969 bits per heavy atom. The number of carbonyl (C=O) groups excluding carboxylic acids is 2. The van der Waals surface area contributed by atoms with Crippen LogP contribution < -0.4 is 9.47 Å². The van der Waals surface area contributed by atoms with Crippen molar-refractivity contribution in [2.45, 2.75) is 18.6 Å². The number of ether oxygens (including phenoxy) is 3. The van der Waals surface area contributed by atoms with Crippen LogP contribution in [-0.2, 0) is 11.2 Å². The van der Waals surface area contributed by atoms with Gasteiger partial charge in [0.05, 0.1) is 12.1 Å². The molecule has 32 heavy (non-hydrogen) atoms. The summed E-state index contributed by atoms with van der Waals surface area (Å²) in [5.41, 5.74) is 2.80. The van der Waals surface area contributed by atoms with E-state index in [9.17, 15) is 9.59 Å². The fraction of sp³-hybridized carbons (Fsp3) is 0.231. The molecule has 2 aliphatic rings. The number of rotatable bonds is 4. The molecule has 2 aliphatic heterocycles. The van der Waals surface area contributed by atoms with Crippen LogP contribution in [0, 0.1) is 0 Å². The molecule has 2 heterocycles. The molecule has 0 N–H and O–H groups in total. The number of amides is 1. The van der Waals surface area contributed by atoms with E-state index in [1.807, 2.05) is 54.6 Å². The maximum atomic E-state index is 13.1. The minimum absolute atomic E-state index is 0.134. The first-order chi connectivity index (χ1) is 15.6. The predicted octanol–water partition coefficient (Wildman–Crippen LogP) is 4.05. The average Bonchev–Trinajstić information content (AvgIpc) is 2.83. The fourth-order valence-electron chi connectivity index (χ4n) is 4.14. The van der Waals surface area contributed by atoms with Gasteiger partial charge in [-0.25, -0.2) is 4.79 Å². The molecule has 162 valence electrons. The third-order valence-electron chi connectivity index (χ3n) is 5.79. The van der Waals surface area contributed by atoms with E-state index in [0.29, 0.717) is 42.2 Å². The zero-order chi connectivity index (χ0) is 22.1. The van der Waals surface area contributed by atoms with Crippen molar-refractivity contribution in [3.63, 3.8) is 0 Å². The Labute approximate surface area is 186 Å². The number of likely N-dealkylation sites (N-methyl/N-ethyl adjacent to an activating group) is 1. The molecule has 6 heteroatoms. The number of benzene rings is 3. The minimum atomic E-state index is -0.362. The molecule has 0 aromatic heterocycles. The second-order valence-electron chi connectivity index (χ2n) is 8.06. The number of hydrogen-bond acceptors (Lipinski definition) is 5. The Bertz CT molecular complexity index is 1160. The van der Waals surface area contributed by atoms with E-state index in [2.05, 4.69) is 0 Å². The SMILES string of the molecule is CN(C[C@@H]1COc2ccccc2O1)C(=O)c1ccc2c(c1)C[C@H](c1ccccc1)OC2=O. The number of esters is 1. The van der Waals surface area contributed by atoms with Crippen LogP contribution in [-0.4, -0.2) is 43.1 Å². The fourth-order valence-corrected chi connectivity index (χ4v) is 4.14. The Kier molecular flexibility index (Phi) is 5.27. The molecule has 3 aromatic carbocycles. The zero-order valence-corrected chi connectivity index (χ0v) is 17.7. The van der Waals surface area contributed by atoms with Crippen molar-refractivity contribution < 1.29 is 23.8 Å². The summed E-state index contributed by atoms with van der Waals surface area (Å²) in [6, 6.07) is 22.3. The van der Waals surface area contributed by atoms with Crippen LogP contribution in [0.2, 0.25) is 0 Å². The quantitative estimate of drug-likeness (QED) is 0.586. The third kappa shape index (κ3) is 3.91. The molecular formula is C26H23NO5. The van der Waals surface area contributed by atoms with Gasteiger partial charge in [-0.3, -0.25) is 4.79 Å². The van der Waals surface area contributed by atoms with Gasteiger partial charge in [0.25, 0.3) is 5.91 Å². The van der Waals surface area contributed by atoms with Crippen molar-refractivity contribution in [1.29, 1.82) is 0 Å². The van der Waals surface area contributed by atoms with Crippen LogP contribution in [0.3, 0.4) is 0 Å². The summed E-state index contributed by atoms with van der Waals surface area (Å²) in [5.74, 6) is 0.903. The molecule has 0 unspecified atom stereocenters. The lowest BCUT2D eigenvalue weighted by atomic mass is 9.93. The highest BCUT2D eigenvalue weighted by Gasteiger charge is 2.29. The van der Waals surface area contributed by atoms with Gasteiger partial charge in [0.15, 0.2) is 17.6 Å². The van der Waals surface area contributed by atoms with Gasteiger partial charge in [0, 0.05) is 19.0 Å². The molecule has 0 spiro atoms. The van der Waals surface area contributed by atoms with Crippen molar-refractivity contribution >= 4 is 11.9 Å². The molecule has 0 saturated carbocycles. The van der Waals surface area contributed by atoms with Crippen LogP contribution in [0.5, 0.6) is 11.5 Å². The summed E-state index contributed by atoms with van der Waals surface area (Å²) in [6.07, 6.45) is -0.0761. The number of nitrogens with zero attached hydrogens (tertiary/aromatic N) is 1. The number of para-hydroxylation sites is 2. The maximum absolute atomic E-state index is 13.1. The molecule has 3 aromatic rings. The lowest BCUT2D eigenvalue weighted by Crippen LogP contribution is -2.41. The first-order valence-corrected chi connectivity index (χ1v) is 10.6. The summed E-state index contributed by atoms with van der Waals surface area (Å²) in [7, 11) is 1.74. The molecule has 0 radical (unpaired) electrons. The van der Waals surface area contributed by atoms with Gasteiger partial charge in [0.1, 0.15) is 12.7 Å². The molecule has 6 nitrogen and oxygen atoms in total. The van der Waals surface area contributed by atoms with Gasteiger partial charge in [0.2, 0.25) is 0 Å². The lowest BCUT2D eigenvalue weighted by molar-refractivity contribution is 0.0252. The molecule has 5 rings (SSSR count). The van der Waals surface area contributed by atoms with Crippen LogP contribution in [0.1, 0.15) is 37.9 Å². The highest BCUT2D eigenvalue weighted by molar-refractivity contribution is 5.97. The van der Waals surface area contributed by atoms with Gasteiger partial charge >= 0.3 is 5.97 Å². The second-order valence-corrected chi connectivity index (χ2v) is 8.06. The van der Waals surface area contributed by atoms with E-state index < -0.39 is 0 Å². The Balaban J connectivity index is 1.30. The smallest absolute Gasteiger partial charge is 0.339 e. The van der Waals surface area contributed by atoms with E-state index in [4.69, 9.17) is 14.2 Å². The van der Waals surface area contributed by atoms with Crippen molar-refractivity contribution in [1.82, 2.24) is 4.90 Å². The number of hydrogen-bond donors (Lipinski definition) is 0. The Hall–Kier alpha value is -3.80. The van der Waals surface area contributed by atoms with Gasteiger partial charge in [-0.1, -0.05) is 42.5 Å². The highest BCUT2D eigenvalue weighted by Crippen LogP contribution is 2.32. The second kappa shape index (κ2) is 8.38. The number of fused-ring (bicyclic) bond motifs is 2. The number of cyclic esters (lactones) is 1. The van der Waals surface area contributed by atoms with Gasteiger partial charge in [-0.2, -0.15) is 0 Å². The van der Waals surface area contributed by atoms with Gasteiger partial charge in [-0.15, -0.1) is 0 Å². The molecule has 2 atom stereocenters. The monoisotopic (exact) mass is 429 g/mol. The van der Waals surface area contributed by atoms with E-state index in [-0.39, 0.29) is 24.1 Å². The summed E-state index contributed by atoms with van der Waals surface area (Å²) in [5, 5.41) is 0. The van der Waals surface area contributed by atoms with Crippen LogP contribution in [0.25, 0.3) is 0 Å². The molecule has 1 amide bonds. The first kappa shape index (κ1) is 20.1. The van der Waals surface area contributed by atoms with Crippen molar-refractivity contribution in [2.75, 3.05) is 20.2 Å². The van der Waals surface area contributed by atoms with E-state index in [1.165, 1.54) is 0 Å². The van der Waals surface area contributed by atoms with Crippen molar-refractivity contribution in [3.8, 4) is 11.5 Å².